The summed E-state index contributed by atoms with van der Waals surface area (Å²) < 4.78 is 11.8. The quantitative estimate of drug-likeness (QED) is 0.618. The van der Waals surface area contributed by atoms with E-state index in [9.17, 15) is 4.79 Å². The van der Waals surface area contributed by atoms with E-state index in [4.69, 9.17) is 21.1 Å². The molecule has 0 aliphatic carbocycles. The van der Waals surface area contributed by atoms with Gasteiger partial charge in [-0.3, -0.25) is 4.79 Å². The molecule has 0 saturated heterocycles. The Morgan fingerprint density at radius 1 is 1.28 bits per heavy atom. The number of benzene rings is 2. The van der Waals surface area contributed by atoms with Crippen LogP contribution < -0.4 is 14.8 Å². The van der Waals surface area contributed by atoms with Crippen molar-refractivity contribution in [3.05, 3.63) is 57.5 Å². The number of hydrogen-bond acceptors (Lipinski definition) is 3. The van der Waals surface area contributed by atoms with E-state index in [1.807, 2.05) is 38.1 Å². The van der Waals surface area contributed by atoms with Crippen LogP contribution >= 0.6 is 27.5 Å². The third-order valence-corrected chi connectivity index (χ3v) is 4.14. The second-order valence-corrected chi connectivity index (χ2v) is 6.76. The van der Waals surface area contributed by atoms with Crippen molar-refractivity contribution in [1.29, 1.82) is 0 Å². The van der Waals surface area contributed by atoms with Crippen LogP contribution in [0.1, 0.15) is 19.4 Å². The molecule has 2 aromatic carbocycles. The van der Waals surface area contributed by atoms with Crippen molar-refractivity contribution in [2.75, 3.05) is 12.4 Å². The number of amides is 1. The Kier molecular flexibility index (Phi) is 6.91. The maximum atomic E-state index is 12.1. The maximum absolute atomic E-state index is 12.1. The minimum atomic E-state index is -0.246. The van der Waals surface area contributed by atoms with Crippen LogP contribution in [0.15, 0.2) is 46.9 Å². The molecule has 25 heavy (non-hydrogen) atoms. The fraction of sp³-hybridized carbons (Fsp3) is 0.211. The van der Waals surface area contributed by atoms with Gasteiger partial charge in [-0.1, -0.05) is 23.7 Å². The molecule has 0 bridgehead atoms. The van der Waals surface area contributed by atoms with Crippen molar-refractivity contribution < 1.29 is 14.3 Å². The molecular formula is C19H19BrClNO3. The van der Waals surface area contributed by atoms with E-state index in [0.29, 0.717) is 22.2 Å². The van der Waals surface area contributed by atoms with Gasteiger partial charge in [0.2, 0.25) is 5.91 Å². The second-order valence-electron chi connectivity index (χ2n) is 5.50. The molecule has 0 saturated carbocycles. The van der Waals surface area contributed by atoms with E-state index in [0.717, 1.165) is 10.0 Å². The lowest BCUT2D eigenvalue weighted by Gasteiger charge is -2.15. The molecule has 1 N–H and O–H groups in total. The van der Waals surface area contributed by atoms with Gasteiger partial charge < -0.3 is 14.8 Å². The van der Waals surface area contributed by atoms with Crippen LogP contribution in [-0.2, 0) is 4.79 Å². The molecule has 0 fully saturated rings. The van der Waals surface area contributed by atoms with Crippen molar-refractivity contribution in [2.45, 2.75) is 20.0 Å². The molecule has 1 amide bonds. The van der Waals surface area contributed by atoms with Gasteiger partial charge in [-0.05, 0) is 65.7 Å². The summed E-state index contributed by atoms with van der Waals surface area (Å²) in [6.07, 6.45) is 3.08. The van der Waals surface area contributed by atoms with Crippen LogP contribution in [0.25, 0.3) is 6.08 Å². The number of ether oxygens (including phenoxy) is 2. The molecule has 0 aromatic heterocycles. The van der Waals surface area contributed by atoms with Gasteiger partial charge in [-0.15, -0.1) is 0 Å². The molecule has 0 heterocycles. The maximum Gasteiger partial charge on any atom is 0.248 e. The number of anilines is 1. The van der Waals surface area contributed by atoms with Crippen LogP contribution in [0.5, 0.6) is 11.5 Å². The smallest absolute Gasteiger partial charge is 0.248 e. The van der Waals surface area contributed by atoms with Crippen LogP contribution in [0.3, 0.4) is 0 Å². The lowest BCUT2D eigenvalue weighted by atomic mass is 10.1. The first-order valence-corrected chi connectivity index (χ1v) is 8.85. The van der Waals surface area contributed by atoms with Gasteiger partial charge in [0.1, 0.15) is 0 Å². The fourth-order valence-corrected chi connectivity index (χ4v) is 2.74. The summed E-state index contributed by atoms with van der Waals surface area (Å²) in [5, 5.41) is 3.23. The molecular weight excluding hydrogens is 406 g/mol. The van der Waals surface area contributed by atoms with Crippen LogP contribution in [0.4, 0.5) is 5.69 Å². The summed E-state index contributed by atoms with van der Waals surface area (Å²) in [5.41, 5.74) is 1.44. The molecule has 0 radical (unpaired) electrons. The largest absolute Gasteiger partial charge is 0.493 e. The number of rotatable bonds is 6. The van der Waals surface area contributed by atoms with Crippen LogP contribution in [0, 0.1) is 0 Å². The summed E-state index contributed by atoms with van der Waals surface area (Å²) in [4.78, 5) is 12.1. The average Bonchev–Trinajstić information content (AvgIpc) is 2.56. The second kappa shape index (κ2) is 8.92. The number of halogens is 2. The topological polar surface area (TPSA) is 47.6 Å². The van der Waals surface area contributed by atoms with Crippen molar-refractivity contribution in [3.63, 3.8) is 0 Å². The highest BCUT2D eigenvalue weighted by Crippen LogP contribution is 2.37. The third kappa shape index (κ3) is 5.51. The van der Waals surface area contributed by atoms with Gasteiger partial charge in [0.05, 0.1) is 23.9 Å². The van der Waals surface area contributed by atoms with E-state index in [-0.39, 0.29) is 12.0 Å². The Bertz CT molecular complexity index is 790. The lowest BCUT2D eigenvalue weighted by Crippen LogP contribution is -2.08. The SMILES string of the molecule is COc1cc(/C=C/C(=O)Nc2ccccc2Br)cc(Cl)c1OC(C)C. The minimum Gasteiger partial charge on any atom is -0.493 e. The van der Waals surface area contributed by atoms with Gasteiger partial charge >= 0.3 is 0 Å². The van der Waals surface area contributed by atoms with Crippen molar-refractivity contribution >= 4 is 45.2 Å². The highest BCUT2D eigenvalue weighted by molar-refractivity contribution is 9.10. The first kappa shape index (κ1) is 19.3. The Hall–Kier alpha value is -1.98. The average molecular weight is 425 g/mol. The zero-order chi connectivity index (χ0) is 18.4. The van der Waals surface area contributed by atoms with Gasteiger partial charge in [-0.2, -0.15) is 0 Å². The number of hydrogen-bond donors (Lipinski definition) is 1. The van der Waals surface area contributed by atoms with Crippen molar-refractivity contribution in [3.8, 4) is 11.5 Å². The Labute approximate surface area is 160 Å². The summed E-state index contributed by atoms with van der Waals surface area (Å²) in [6.45, 7) is 3.82. The predicted octanol–water partition coefficient (Wildman–Crippen LogP) is 5.55. The van der Waals surface area contributed by atoms with Crippen molar-refractivity contribution in [1.82, 2.24) is 0 Å². The normalized spacial score (nSPS) is 11.0. The molecule has 0 atom stereocenters. The van der Waals surface area contributed by atoms with Gasteiger partial charge in [-0.25, -0.2) is 0 Å². The highest BCUT2D eigenvalue weighted by Gasteiger charge is 2.12. The van der Waals surface area contributed by atoms with E-state index in [1.54, 1.807) is 25.3 Å². The number of carbonyl (C=O) groups excluding carboxylic acids is 1. The molecule has 0 unspecified atom stereocenters. The first-order valence-electron chi connectivity index (χ1n) is 7.68. The predicted molar refractivity (Wildman–Crippen MR) is 106 cm³/mol. The summed E-state index contributed by atoms with van der Waals surface area (Å²) in [5.74, 6) is 0.769. The molecule has 0 aliphatic rings. The monoisotopic (exact) mass is 423 g/mol. The molecule has 2 aromatic rings. The van der Waals surface area contributed by atoms with Gasteiger partial charge in [0, 0.05) is 10.5 Å². The van der Waals surface area contributed by atoms with Crippen LogP contribution in [0.2, 0.25) is 5.02 Å². The van der Waals surface area contributed by atoms with Crippen LogP contribution in [-0.4, -0.2) is 19.1 Å². The summed E-state index contributed by atoms with van der Waals surface area (Å²) in [7, 11) is 1.55. The minimum absolute atomic E-state index is 0.0251. The molecule has 6 heteroatoms. The molecule has 2 rings (SSSR count). The van der Waals surface area contributed by atoms with E-state index < -0.39 is 0 Å². The zero-order valence-electron chi connectivity index (χ0n) is 14.2. The van der Waals surface area contributed by atoms with Crippen molar-refractivity contribution in [2.24, 2.45) is 0 Å². The standard InChI is InChI=1S/C19H19BrClNO3/c1-12(2)25-19-15(21)10-13(11-17(19)24-3)8-9-18(23)22-16-7-5-4-6-14(16)20/h4-12H,1-3H3,(H,22,23)/b9-8+. The summed E-state index contributed by atoms with van der Waals surface area (Å²) >= 11 is 9.67. The molecule has 0 aliphatic heterocycles. The van der Waals surface area contributed by atoms with E-state index in [2.05, 4.69) is 21.2 Å². The Balaban J connectivity index is 2.16. The fourth-order valence-electron chi connectivity index (χ4n) is 2.09. The van der Waals surface area contributed by atoms with Gasteiger partial charge in [0.25, 0.3) is 0 Å². The van der Waals surface area contributed by atoms with Gasteiger partial charge in [0.15, 0.2) is 11.5 Å². The number of methoxy groups -OCH3 is 1. The Morgan fingerprint density at radius 2 is 2.00 bits per heavy atom. The molecule has 132 valence electrons. The van der Waals surface area contributed by atoms with E-state index in [1.165, 1.54) is 6.08 Å². The lowest BCUT2D eigenvalue weighted by molar-refractivity contribution is -0.111. The first-order chi connectivity index (χ1) is 11.9. The number of nitrogens with one attached hydrogen (secondary N) is 1. The van der Waals surface area contributed by atoms with E-state index >= 15 is 0 Å². The number of para-hydroxylation sites is 1. The Morgan fingerprint density at radius 3 is 2.64 bits per heavy atom. The summed E-state index contributed by atoms with van der Waals surface area (Å²) in [6, 6.07) is 10.9. The molecule has 0 spiro atoms. The third-order valence-electron chi connectivity index (χ3n) is 3.16. The zero-order valence-corrected chi connectivity index (χ0v) is 16.5. The number of carbonyl (C=O) groups is 1. The highest BCUT2D eigenvalue weighted by atomic mass is 79.9. The molecule has 4 nitrogen and oxygen atoms in total.